The summed E-state index contributed by atoms with van der Waals surface area (Å²) in [5.74, 6) is 0.218. The molecule has 0 aliphatic rings. The number of rotatable bonds is 4. The van der Waals surface area contributed by atoms with Gasteiger partial charge in [-0.2, -0.15) is 0 Å². The maximum Gasteiger partial charge on any atom is 0.308 e. The van der Waals surface area contributed by atoms with E-state index in [1.807, 2.05) is 39.8 Å². The standard InChI is InChI=1S/C15H20O3/c1-10-8-11(2)14(15(4,5)6-7-16)13(9-10)18-12(3)17/h7-9H,6H2,1-5H3. The Labute approximate surface area is 108 Å². The minimum atomic E-state index is -0.344. The quantitative estimate of drug-likeness (QED) is 0.467. The van der Waals surface area contributed by atoms with Gasteiger partial charge in [0.15, 0.2) is 0 Å². The summed E-state index contributed by atoms with van der Waals surface area (Å²) in [6.45, 7) is 9.27. The number of hydrogen-bond donors (Lipinski definition) is 0. The van der Waals surface area contributed by atoms with Crippen LogP contribution in [0.2, 0.25) is 0 Å². The van der Waals surface area contributed by atoms with Crippen molar-refractivity contribution >= 4 is 12.3 Å². The average molecular weight is 248 g/mol. The molecular formula is C15H20O3. The van der Waals surface area contributed by atoms with Crippen LogP contribution in [0.15, 0.2) is 12.1 Å². The lowest BCUT2D eigenvalue weighted by Gasteiger charge is -2.27. The molecule has 1 aromatic rings. The van der Waals surface area contributed by atoms with Gasteiger partial charge in [0.1, 0.15) is 12.0 Å². The van der Waals surface area contributed by atoms with E-state index < -0.39 is 0 Å². The molecule has 0 aromatic heterocycles. The molecule has 18 heavy (non-hydrogen) atoms. The normalized spacial score (nSPS) is 11.2. The van der Waals surface area contributed by atoms with Crippen molar-refractivity contribution in [3.63, 3.8) is 0 Å². The summed E-state index contributed by atoms with van der Waals surface area (Å²) in [4.78, 5) is 22.0. The fraction of sp³-hybridized carbons (Fsp3) is 0.467. The van der Waals surface area contributed by atoms with Crippen LogP contribution in [0.25, 0.3) is 0 Å². The topological polar surface area (TPSA) is 43.4 Å². The fourth-order valence-corrected chi connectivity index (χ4v) is 2.34. The number of carbonyl (C=O) groups excluding carboxylic acids is 2. The molecule has 3 heteroatoms. The molecule has 0 radical (unpaired) electrons. The van der Waals surface area contributed by atoms with Crippen LogP contribution in [0.5, 0.6) is 5.75 Å². The third-order valence-corrected chi connectivity index (χ3v) is 2.97. The molecule has 0 aliphatic carbocycles. The third-order valence-electron chi connectivity index (χ3n) is 2.97. The van der Waals surface area contributed by atoms with E-state index in [9.17, 15) is 9.59 Å². The van der Waals surface area contributed by atoms with Crippen LogP contribution in [0, 0.1) is 13.8 Å². The van der Waals surface area contributed by atoms with E-state index in [0.29, 0.717) is 12.2 Å². The molecule has 1 rings (SSSR count). The predicted octanol–water partition coefficient (Wildman–Crippen LogP) is 3.10. The van der Waals surface area contributed by atoms with Crippen LogP contribution in [0.4, 0.5) is 0 Å². The van der Waals surface area contributed by atoms with E-state index in [1.54, 1.807) is 0 Å². The van der Waals surface area contributed by atoms with Crippen molar-refractivity contribution in [3.05, 3.63) is 28.8 Å². The molecule has 0 heterocycles. The zero-order valence-electron chi connectivity index (χ0n) is 11.7. The molecule has 1 aromatic carbocycles. The van der Waals surface area contributed by atoms with Gasteiger partial charge in [0.05, 0.1) is 0 Å². The smallest absolute Gasteiger partial charge is 0.308 e. The van der Waals surface area contributed by atoms with Crippen molar-refractivity contribution in [1.82, 2.24) is 0 Å². The van der Waals surface area contributed by atoms with Gasteiger partial charge in [-0.25, -0.2) is 0 Å². The lowest BCUT2D eigenvalue weighted by Crippen LogP contribution is -2.21. The highest BCUT2D eigenvalue weighted by Crippen LogP contribution is 2.37. The summed E-state index contributed by atoms with van der Waals surface area (Å²) >= 11 is 0. The van der Waals surface area contributed by atoms with Crippen LogP contribution >= 0.6 is 0 Å². The number of benzene rings is 1. The van der Waals surface area contributed by atoms with Gasteiger partial charge in [-0.1, -0.05) is 19.9 Å². The molecule has 0 spiro atoms. The SMILES string of the molecule is CC(=O)Oc1cc(C)cc(C)c1C(C)(C)CC=O. The zero-order chi connectivity index (χ0) is 13.9. The maximum atomic E-state index is 11.2. The van der Waals surface area contributed by atoms with Gasteiger partial charge >= 0.3 is 5.97 Å². The number of carbonyl (C=O) groups is 2. The molecule has 0 aliphatic heterocycles. The summed E-state index contributed by atoms with van der Waals surface area (Å²) in [6, 6.07) is 3.88. The summed E-state index contributed by atoms with van der Waals surface area (Å²) in [6.07, 6.45) is 1.29. The molecular weight excluding hydrogens is 228 g/mol. The summed E-state index contributed by atoms with van der Waals surface area (Å²) in [7, 11) is 0. The third kappa shape index (κ3) is 3.19. The lowest BCUT2D eigenvalue weighted by molar-refractivity contribution is -0.131. The van der Waals surface area contributed by atoms with Crippen molar-refractivity contribution in [2.75, 3.05) is 0 Å². The Hall–Kier alpha value is -1.64. The minimum absolute atomic E-state index is 0.343. The van der Waals surface area contributed by atoms with Crippen molar-refractivity contribution in [2.24, 2.45) is 0 Å². The number of esters is 1. The Morgan fingerprint density at radius 2 is 1.94 bits per heavy atom. The van der Waals surface area contributed by atoms with Crippen molar-refractivity contribution in [3.8, 4) is 5.75 Å². The molecule has 3 nitrogen and oxygen atoms in total. The highest BCUT2D eigenvalue weighted by Gasteiger charge is 2.27. The zero-order valence-corrected chi connectivity index (χ0v) is 11.7. The van der Waals surface area contributed by atoms with E-state index in [0.717, 1.165) is 23.0 Å². The molecule has 0 saturated carbocycles. The van der Waals surface area contributed by atoms with Crippen LogP contribution in [-0.4, -0.2) is 12.3 Å². The molecule has 0 N–H and O–H groups in total. The van der Waals surface area contributed by atoms with Crippen molar-refractivity contribution in [2.45, 2.75) is 46.5 Å². The van der Waals surface area contributed by atoms with E-state index in [1.165, 1.54) is 6.92 Å². The summed E-state index contributed by atoms with van der Waals surface area (Å²) < 4.78 is 5.28. The number of ether oxygens (including phenoxy) is 1. The number of aldehydes is 1. The predicted molar refractivity (Wildman–Crippen MR) is 70.9 cm³/mol. The van der Waals surface area contributed by atoms with Crippen LogP contribution in [0.1, 0.15) is 43.9 Å². The summed E-state index contributed by atoms with van der Waals surface area (Å²) in [5, 5.41) is 0. The Bertz CT molecular complexity index is 473. The molecule has 98 valence electrons. The maximum absolute atomic E-state index is 11.2. The van der Waals surface area contributed by atoms with Crippen LogP contribution in [0.3, 0.4) is 0 Å². The molecule has 0 amide bonds. The minimum Gasteiger partial charge on any atom is -0.426 e. The fourth-order valence-electron chi connectivity index (χ4n) is 2.34. The highest BCUT2D eigenvalue weighted by atomic mass is 16.5. The largest absolute Gasteiger partial charge is 0.426 e. The van der Waals surface area contributed by atoms with Crippen molar-refractivity contribution < 1.29 is 14.3 Å². The van der Waals surface area contributed by atoms with E-state index in [-0.39, 0.29) is 11.4 Å². The van der Waals surface area contributed by atoms with E-state index in [2.05, 4.69) is 0 Å². The number of aryl methyl sites for hydroxylation is 2. The first-order valence-corrected chi connectivity index (χ1v) is 6.01. The summed E-state index contributed by atoms with van der Waals surface area (Å²) in [5.41, 5.74) is 2.66. The second-order valence-corrected chi connectivity index (χ2v) is 5.30. The van der Waals surface area contributed by atoms with Gasteiger partial charge < -0.3 is 9.53 Å². The average Bonchev–Trinajstić information content (AvgIpc) is 2.13. The van der Waals surface area contributed by atoms with E-state index >= 15 is 0 Å². The first-order chi connectivity index (χ1) is 8.27. The van der Waals surface area contributed by atoms with Crippen molar-refractivity contribution in [1.29, 1.82) is 0 Å². The molecule has 0 atom stereocenters. The molecule has 0 unspecified atom stereocenters. The van der Waals surface area contributed by atoms with Gasteiger partial charge in [-0.05, 0) is 31.0 Å². The first kappa shape index (κ1) is 14.4. The Balaban J connectivity index is 3.39. The van der Waals surface area contributed by atoms with E-state index in [4.69, 9.17) is 4.74 Å². The Morgan fingerprint density at radius 3 is 2.44 bits per heavy atom. The van der Waals surface area contributed by atoms with Gasteiger partial charge in [0.2, 0.25) is 0 Å². The van der Waals surface area contributed by atoms with Gasteiger partial charge in [0, 0.05) is 24.3 Å². The molecule has 0 bridgehead atoms. The number of hydrogen-bond acceptors (Lipinski definition) is 3. The Kier molecular flexibility index (Phi) is 4.28. The molecule has 0 fully saturated rings. The Morgan fingerprint density at radius 1 is 1.33 bits per heavy atom. The van der Waals surface area contributed by atoms with Crippen LogP contribution < -0.4 is 4.74 Å². The first-order valence-electron chi connectivity index (χ1n) is 6.01. The van der Waals surface area contributed by atoms with Gasteiger partial charge in [0.25, 0.3) is 0 Å². The lowest BCUT2D eigenvalue weighted by atomic mass is 9.78. The van der Waals surface area contributed by atoms with Gasteiger partial charge in [-0.3, -0.25) is 4.79 Å². The van der Waals surface area contributed by atoms with Crippen LogP contribution in [-0.2, 0) is 15.0 Å². The highest BCUT2D eigenvalue weighted by molar-refractivity contribution is 5.71. The molecule has 0 saturated heterocycles. The van der Waals surface area contributed by atoms with Gasteiger partial charge in [-0.15, -0.1) is 0 Å². The second-order valence-electron chi connectivity index (χ2n) is 5.30. The second kappa shape index (κ2) is 5.34. The monoisotopic (exact) mass is 248 g/mol.